The summed E-state index contributed by atoms with van der Waals surface area (Å²) in [7, 11) is 0. The number of hydrogen-bond donors (Lipinski definition) is 1. The standard InChI is InChI=1S/C14H18N2O2/c15-12-13-4-6-14(7-5-13)18-11-3-9-16-8-1-2-10-17/h4-7,10,16H,1-3,8-9,11H2/p+1. The molecule has 0 bridgehead atoms. The van der Waals surface area contributed by atoms with Crippen molar-refractivity contribution in [2.24, 2.45) is 0 Å². The number of nitrogens with zero attached hydrogens (tertiary/aromatic N) is 1. The summed E-state index contributed by atoms with van der Waals surface area (Å²) in [5.74, 6) is 0.801. The van der Waals surface area contributed by atoms with Crippen LogP contribution in [-0.2, 0) is 4.79 Å². The molecule has 96 valence electrons. The van der Waals surface area contributed by atoms with Crippen molar-refractivity contribution in [2.75, 3.05) is 19.7 Å². The molecule has 0 spiro atoms. The van der Waals surface area contributed by atoms with Crippen LogP contribution in [0.1, 0.15) is 24.8 Å². The number of rotatable bonds is 9. The fourth-order valence-electron chi connectivity index (χ4n) is 1.53. The number of unbranched alkanes of at least 4 members (excludes halogenated alkanes) is 1. The molecule has 0 saturated heterocycles. The lowest BCUT2D eigenvalue weighted by Gasteiger charge is -2.05. The van der Waals surface area contributed by atoms with Crippen molar-refractivity contribution in [3.8, 4) is 11.8 Å². The first-order valence-corrected chi connectivity index (χ1v) is 6.25. The lowest BCUT2D eigenvalue weighted by Crippen LogP contribution is -2.84. The number of carbonyl (C=O) groups is 1. The summed E-state index contributed by atoms with van der Waals surface area (Å²) < 4.78 is 5.55. The van der Waals surface area contributed by atoms with Gasteiger partial charge in [-0.3, -0.25) is 0 Å². The van der Waals surface area contributed by atoms with E-state index in [4.69, 9.17) is 10.00 Å². The maximum atomic E-state index is 10.1. The number of ether oxygens (including phenoxy) is 1. The minimum absolute atomic E-state index is 0.644. The molecule has 0 atom stereocenters. The van der Waals surface area contributed by atoms with E-state index in [0.29, 0.717) is 18.6 Å². The molecule has 0 unspecified atom stereocenters. The van der Waals surface area contributed by atoms with Crippen LogP contribution >= 0.6 is 0 Å². The van der Waals surface area contributed by atoms with Crippen LogP contribution < -0.4 is 10.1 Å². The Labute approximate surface area is 108 Å². The van der Waals surface area contributed by atoms with Crippen molar-refractivity contribution < 1.29 is 14.8 Å². The van der Waals surface area contributed by atoms with Crippen LogP contribution in [0.15, 0.2) is 24.3 Å². The van der Waals surface area contributed by atoms with E-state index in [2.05, 4.69) is 11.4 Å². The van der Waals surface area contributed by atoms with Gasteiger partial charge in [-0.2, -0.15) is 5.26 Å². The monoisotopic (exact) mass is 247 g/mol. The molecular weight excluding hydrogens is 228 g/mol. The Morgan fingerprint density at radius 1 is 1.22 bits per heavy atom. The molecule has 18 heavy (non-hydrogen) atoms. The number of quaternary nitrogens is 1. The zero-order valence-electron chi connectivity index (χ0n) is 10.5. The predicted octanol–water partition coefficient (Wildman–Crippen LogP) is 0.870. The highest BCUT2D eigenvalue weighted by molar-refractivity contribution is 5.48. The van der Waals surface area contributed by atoms with Gasteiger partial charge in [-0.25, -0.2) is 0 Å². The number of nitriles is 1. The van der Waals surface area contributed by atoms with Crippen molar-refractivity contribution in [1.82, 2.24) is 0 Å². The Kier molecular flexibility index (Phi) is 7.26. The SMILES string of the molecule is N#Cc1ccc(OCCC[NH2+]CCCC=O)cc1. The van der Waals surface area contributed by atoms with Gasteiger partial charge in [-0.05, 0) is 24.3 Å². The summed E-state index contributed by atoms with van der Waals surface area (Å²) in [6.07, 6.45) is 3.53. The van der Waals surface area contributed by atoms with Gasteiger partial charge in [-0.1, -0.05) is 0 Å². The first-order valence-electron chi connectivity index (χ1n) is 6.25. The Morgan fingerprint density at radius 2 is 1.94 bits per heavy atom. The van der Waals surface area contributed by atoms with Crippen LogP contribution in [0.4, 0.5) is 0 Å². The largest absolute Gasteiger partial charge is 0.493 e. The number of benzene rings is 1. The molecule has 0 aliphatic carbocycles. The third kappa shape index (κ3) is 6.02. The molecule has 0 aromatic heterocycles. The fraction of sp³-hybridized carbons (Fsp3) is 0.429. The lowest BCUT2D eigenvalue weighted by atomic mass is 10.2. The summed E-state index contributed by atoms with van der Waals surface area (Å²) in [6, 6.07) is 9.20. The van der Waals surface area contributed by atoms with Gasteiger partial charge in [0, 0.05) is 19.3 Å². The average molecular weight is 247 g/mol. The normalized spacial score (nSPS) is 9.72. The Morgan fingerprint density at radius 3 is 2.61 bits per heavy atom. The van der Waals surface area contributed by atoms with Crippen LogP contribution in [0, 0.1) is 11.3 Å². The van der Waals surface area contributed by atoms with Gasteiger partial charge in [0.15, 0.2) is 0 Å². The minimum atomic E-state index is 0.644. The summed E-state index contributed by atoms with van der Waals surface area (Å²) in [5, 5.41) is 10.8. The van der Waals surface area contributed by atoms with E-state index in [1.165, 1.54) is 0 Å². The molecule has 1 aromatic rings. The first-order chi connectivity index (χ1) is 8.86. The summed E-state index contributed by atoms with van der Waals surface area (Å²) in [6.45, 7) is 2.68. The van der Waals surface area contributed by atoms with Crippen molar-refractivity contribution in [2.45, 2.75) is 19.3 Å². The molecule has 0 aliphatic rings. The Bertz CT molecular complexity index is 382. The molecule has 0 amide bonds. The molecule has 0 heterocycles. The third-order valence-corrected chi connectivity index (χ3v) is 2.53. The van der Waals surface area contributed by atoms with Gasteiger partial charge < -0.3 is 14.8 Å². The summed E-state index contributed by atoms with van der Waals surface area (Å²) in [5.41, 5.74) is 0.644. The second-order valence-electron chi connectivity index (χ2n) is 4.01. The van der Waals surface area contributed by atoms with Crippen molar-refractivity contribution >= 4 is 6.29 Å². The predicted molar refractivity (Wildman–Crippen MR) is 68.2 cm³/mol. The molecular formula is C14H19N2O2+. The summed E-state index contributed by atoms with van der Waals surface area (Å²) >= 11 is 0. The first kappa shape index (κ1) is 14.2. The zero-order valence-corrected chi connectivity index (χ0v) is 10.5. The van der Waals surface area contributed by atoms with Gasteiger partial charge in [-0.15, -0.1) is 0 Å². The molecule has 4 nitrogen and oxygen atoms in total. The highest BCUT2D eigenvalue weighted by Gasteiger charge is 1.96. The topological polar surface area (TPSA) is 66.7 Å². The van der Waals surface area contributed by atoms with E-state index >= 15 is 0 Å². The van der Waals surface area contributed by atoms with Crippen LogP contribution in [0.25, 0.3) is 0 Å². The fourth-order valence-corrected chi connectivity index (χ4v) is 1.53. The maximum absolute atomic E-state index is 10.1. The molecule has 4 heteroatoms. The maximum Gasteiger partial charge on any atom is 0.120 e. The van der Waals surface area contributed by atoms with Gasteiger partial charge >= 0.3 is 0 Å². The van der Waals surface area contributed by atoms with E-state index in [-0.39, 0.29) is 0 Å². The molecule has 0 radical (unpaired) electrons. The van der Waals surface area contributed by atoms with Crippen molar-refractivity contribution in [3.63, 3.8) is 0 Å². The molecule has 0 fully saturated rings. The van der Waals surface area contributed by atoms with Gasteiger partial charge in [0.25, 0.3) is 0 Å². The van der Waals surface area contributed by atoms with Crippen molar-refractivity contribution in [3.05, 3.63) is 29.8 Å². The second-order valence-corrected chi connectivity index (χ2v) is 4.01. The Hall–Kier alpha value is -1.86. The highest BCUT2D eigenvalue weighted by atomic mass is 16.5. The molecule has 0 saturated carbocycles. The van der Waals surface area contributed by atoms with E-state index < -0.39 is 0 Å². The average Bonchev–Trinajstić information content (AvgIpc) is 2.42. The lowest BCUT2D eigenvalue weighted by molar-refractivity contribution is -0.655. The van der Waals surface area contributed by atoms with E-state index in [9.17, 15) is 4.79 Å². The number of aldehydes is 1. The van der Waals surface area contributed by atoms with E-state index in [1.54, 1.807) is 12.1 Å². The van der Waals surface area contributed by atoms with Crippen LogP contribution in [0.5, 0.6) is 5.75 Å². The highest BCUT2D eigenvalue weighted by Crippen LogP contribution is 2.11. The quantitative estimate of drug-likeness (QED) is 0.520. The van der Waals surface area contributed by atoms with Gasteiger partial charge in [0.1, 0.15) is 12.0 Å². The van der Waals surface area contributed by atoms with Crippen LogP contribution in [-0.4, -0.2) is 26.0 Å². The molecule has 0 aliphatic heterocycles. The molecule has 1 aromatic carbocycles. The van der Waals surface area contributed by atoms with Crippen LogP contribution in [0.3, 0.4) is 0 Å². The number of hydrogen-bond acceptors (Lipinski definition) is 3. The third-order valence-electron chi connectivity index (χ3n) is 2.53. The van der Waals surface area contributed by atoms with E-state index in [0.717, 1.165) is 38.0 Å². The van der Waals surface area contributed by atoms with Crippen molar-refractivity contribution in [1.29, 1.82) is 5.26 Å². The van der Waals surface area contributed by atoms with Gasteiger partial charge in [0.05, 0.1) is 31.3 Å². The van der Waals surface area contributed by atoms with Gasteiger partial charge in [0.2, 0.25) is 0 Å². The molecule has 2 N–H and O–H groups in total. The van der Waals surface area contributed by atoms with E-state index in [1.807, 2.05) is 12.1 Å². The Balaban J connectivity index is 2.03. The second kappa shape index (κ2) is 9.20. The zero-order chi connectivity index (χ0) is 13.1. The smallest absolute Gasteiger partial charge is 0.120 e. The minimum Gasteiger partial charge on any atom is -0.493 e. The van der Waals surface area contributed by atoms with Crippen LogP contribution in [0.2, 0.25) is 0 Å². The molecule has 1 rings (SSSR count). The number of nitrogens with two attached hydrogens (primary N) is 1. The summed E-state index contributed by atoms with van der Waals surface area (Å²) in [4.78, 5) is 10.1. The number of carbonyl (C=O) groups excluding carboxylic acids is 1.